The summed E-state index contributed by atoms with van der Waals surface area (Å²) in [6, 6.07) is 4.42. The number of hydrogen-bond donors (Lipinski definition) is 1. The van der Waals surface area contributed by atoms with Gasteiger partial charge in [0.25, 0.3) is 0 Å². The lowest BCUT2D eigenvalue weighted by molar-refractivity contribution is -0.386. The molecule has 1 aromatic rings. The van der Waals surface area contributed by atoms with E-state index >= 15 is 0 Å². The zero-order valence-electron chi connectivity index (χ0n) is 11.5. The summed E-state index contributed by atoms with van der Waals surface area (Å²) in [6.07, 6.45) is 4.34. The lowest BCUT2D eigenvalue weighted by Crippen LogP contribution is -2.17. The van der Waals surface area contributed by atoms with Gasteiger partial charge in [0.1, 0.15) is 10.6 Å². The molecule has 110 valence electrons. The molecule has 1 aromatic carbocycles. The maximum Gasteiger partial charge on any atom is 0.310 e. The van der Waals surface area contributed by atoms with Crippen molar-refractivity contribution in [2.75, 3.05) is 11.6 Å². The van der Waals surface area contributed by atoms with Crippen LogP contribution in [0.4, 0.5) is 11.4 Å². The number of anilines is 1. The predicted molar refractivity (Wildman–Crippen MR) is 76.6 cm³/mol. The van der Waals surface area contributed by atoms with Crippen LogP contribution < -0.4 is 5.32 Å². The van der Waals surface area contributed by atoms with Crippen LogP contribution in [0.2, 0.25) is 0 Å². The normalized spacial score (nSPS) is 16.7. The summed E-state index contributed by atoms with van der Waals surface area (Å²) < 4.78 is 23.3. The van der Waals surface area contributed by atoms with E-state index in [2.05, 4.69) is 5.32 Å². The molecule has 0 bridgehead atoms. The number of sulfone groups is 1. The van der Waals surface area contributed by atoms with Crippen molar-refractivity contribution in [3.63, 3.8) is 0 Å². The molecule has 6 nitrogen and oxygen atoms in total. The fourth-order valence-corrected chi connectivity index (χ4v) is 3.17. The maximum atomic E-state index is 11.7. The third-order valence-corrected chi connectivity index (χ3v) is 4.50. The molecular weight excluding hydrogens is 280 g/mol. The van der Waals surface area contributed by atoms with Crippen molar-refractivity contribution < 1.29 is 13.3 Å². The van der Waals surface area contributed by atoms with Crippen molar-refractivity contribution in [1.29, 1.82) is 0 Å². The molecule has 0 spiro atoms. The first-order chi connectivity index (χ1) is 9.29. The van der Waals surface area contributed by atoms with Crippen LogP contribution in [0.25, 0.3) is 0 Å². The van der Waals surface area contributed by atoms with Crippen LogP contribution in [0.1, 0.15) is 26.2 Å². The van der Waals surface area contributed by atoms with Crippen LogP contribution in [0.15, 0.2) is 23.1 Å². The van der Waals surface area contributed by atoms with Gasteiger partial charge in [0, 0.05) is 12.3 Å². The van der Waals surface area contributed by atoms with Gasteiger partial charge >= 0.3 is 5.69 Å². The topological polar surface area (TPSA) is 89.3 Å². The molecule has 1 fully saturated rings. The first-order valence-corrected chi connectivity index (χ1v) is 8.42. The van der Waals surface area contributed by atoms with Crippen LogP contribution >= 0.6 is 0 Å². The zero-order chi connectivity index (χ0) is 14.9. The van der Waals surface area contributed by atoms with Gasteiger partial charge in [0.2, 0.25) is 0 Å². The second kappa shape index (κ2) is 5.40. The average Bonchev–Trinajstić information content (AvgIpc) is 3.10. The zero-order valence-corrected chi connectivity index (χ0v) is 12.3. The van der Waals surface area contributed by atoms with Gasteiger partial charge in [-0.2, -0.15) is 0 Å². The molecule has 1 atom stereocenters. The van der Waals surface area contributed by atoms with Gasteiger partial charge < -0.3 is 5.32 Å². The Morgan fingerprint density at radius 1 is 1.45 bits per heavy atom. The minimum atomic E-state index is -3.63. The molecule has 1 N–H and O–H groups in total. The number of hydrogen-bond acceptors (Lipinski definition) is 5. The molecular formula is C13H18N2O4S. The van der Waals surface area contributed by atoms with Crippen molar-refractivity contribution in [1.82, 2.24) is 0 Å². The molecule has 1 saturated carbocycles. The molecule has 2 rings (SSSR count). The van der Waals surface area contributed by atoms with Gasteiger partial charge in [-0.15, -0.1) is 0 Å². The van der Waals surface area contributed by atoms with E-state index < -0.39 is 14.8 Å². The van der Waals surface area contributed by atoms with Crippen LogP contribution in [-0.4, -0.2) is 25.6 Å². The summed E-state index contributed by atoms with van der Waals surface area (Å²) in [7, 11) is -3.63. The third kappa shape index (κ3) is 3.47. The number of nitrogens with zero attached hydrogens (tertiary/aromatic N) is 1. The van der Waals surface area contributed by atoms with Gasteiger partial charge in [-0.3, -0.25) is 10.1 Å². The summed E-state index contributed by atoms with van der Waals surface area (Å²) >= 11 is 0. The Labute approximate surface area is 118 Å². The lowest BCUT2D eigenvalue weighted by atomic mass is 10.1. The highest BCUT2D eigenvalue weighted by atomic mass is 32.2. The summed E-state index contributed by atoms with van der Waals surface area (Å²) in [5, 5.41) is 14.3. The molecule has 0 radical (unpaired) electrons. The summed E-state index contributed by atoms with van der Waals surface area (Å²) in [6.45, 7) is 1.95. The van der Waals surface area contributed by atoms with Gasteiger partial charge in [-0.25, -0.2) is 8.42 Å². The number of nitrogens with one attached hydrogen (secondary N) is 1. The minimum absolute atomic E-state index is 0.0796. The molecule has 1 unspecified atom stereocenters. The minimum Gasteiger partial charge on any atom is -0.377 e. The number of benzene rings is 1. The van der Waals surface area contributed by atoms with Crippen LogP contribution in [0, 0.1) is 16.0 Å². The SMILES string of the molecule is CC(CC1CC1)Nc1cccc(S(C)(=O)=O)c1[N+](=O)[O-]. The summed E-state index contributed by atoms with van der Waals surface area (Å²) in [4.78, 5) is 10.3. The van der Waals surface area contributed by atoms with Crippen molar-refractivity contribution in [3.8, 4) is 0 Å². The van der Waals surface area contributed by atoms with Crippen LogP contribution in [0.5, 0.6) is 0 Å². The standard InChI is InChI=1S/C13H18N2O4S/c1-9(8-10-6-7-10)14-11-4-3-5-12(20(2,18)19)13(11)15(16)17/h3-5,9-10,14H,6-8H2,1-2H3. The van der Waals surface area contributed by atoms with Gasteiger partial charge in [0.15, 0.2) is 9.84 Å². The predicted octanol–water partition coefficient (Wildman–Crippen LogP) is 2.60. The Hall–Kier alpha value is -1.63. The van der Waals surface area contributed by atoms with E-state index in [0.29, 0.717) is 5.92 Å². The van der Waals surface area contributed by atoms with Gasteiger partial charge in [-0.1, -0.05) is 18.9 Å². The van der Waals surface area contributed by atoms with E-state index in [1.165, 1.54) is 25.0 Å². The van der Waals surface area contributed by atoms with Gasteiger partial charge in [0.05, 0.1) is 4.92 Å². The molecule has 7 heteroatoms. The first-order valence-electron chi connectivity index (χ1n) is 6.53. The third-order valence-electron chi connectivity index (χ3n) is 3.37. The monoisotopic (exact) mass is 298 g/mol. The average molecular weight is 298 g/mol. The number of rotatable bonds is 6. The number of para-hydroxylation sites is 1. The van der Waals surface area contributed by atoms with E-state index in [4.69, 9.17) is 0 Å². The van der Waals surface area contributed by atoms with E-state index in [1.807, 2.05) is 6.92 Å². The molecule has 20 heavy (non-hydrogen) atoms. The van der Waals surface area contributed by atoms with Crippen molar-refractivity contribution in [2.45, 2.75) is 37.1 Å². The fourth-order valence-electron chi connectivity index (χ4n) is 2.30. The molecule has 1 aliphatic rings. The Balaban J connectivity index is 2.34. The fraction of sp³-hybridized carbons (Fsp3) is 0.538. The second-order valence-corrected chi connectivity index (χ2v) is 7.39. The lowest BCUT2D eigenvalue weighted by Gasteiger charge is -2.15. The molecule has 0 aliphatic heterocycles. The Morgan fingerprint density at radius 3 is 2.60 bits per heavy atom. The highest BCUT2D eigenvalue weighted by Crippen LogP contribution is 2.36. The van der Waals surface area contributed by atoms with Crippen molar-refractivity contribution >= 4 is 21.2 Å². The first kappa shape index (κ1) is 14.8. The highest BCUT2D eigenvalue weighted by Gasteiger charge is 2.28. The van der Waals surface area contributed by atoms with E-state index in [0.717, 1.165) is 12.7 Å². The molecule has 1 aliphatic carbocycles. The second-order valence-electron chi connectivity index (χ2n) is 5.41. The van der Waals surface area contributed by atoms with E-state index in [9.17, 15) is 18.5 Å². The molecule has 0 amide bonds. The van der Waals surface area contributed by atoms with Crippen molar-refractivity contribution in [3.05, 3.63) is 28.3 Å². The van der Waals surface area contributed by atoms with Crippen LogP contribution in [-0.2, 0) is 9.84 Å². The van der Waals surface area contributed by atoms with E-state index in [-0.39, 0.29) is 22.3 Å². The Morgan fingerprint density at radius 2 is 2.10 bits per heavy atom. The van der Waals surface area contributed by atoms with Crippen molar-refractivity contribution in [2.24, 2.45) is 5.92 Å². The van der Waals surface area contributed by atoms with Crippen LogP contribution in [0.3, 0.4) is 0 Å². The van der Waals surface area contributed by atoms with E-state index in [1.54, 1.807) is 6.07 Å². The smallest absolute Gasteiger partial charge is 0.310 e. The molecule has 0 heterocycles. The number of nitro benzene ring substituents is 1. The van der Waals surface area contributed by atoms with Gasteiger partial charge in [-0.05, 0) is 31.4 Å². The summed E-state index contributed by atoms with van der Waals surface area (Å²) in [5.41, 5.74) is -0.0938. The Bertz CT molecular complexity index is 623. The largest absolute Gasteiger partial charge is 0.377 e. The molecule has 0 aromatic heterocycles. The number of nitro groups is 1. The highest BCUT2D eigenvalue weighted by molar-refractivity contribution is 7.90. The Kier molecular flexibility index (Phi) is 3.99. The quantitative estimate of drug-likeness (QED) is 0.644. The molecule has 0 saturated heterocycles. The summed E-state index contributed by atoms with van der Waals surface area (Å²) in [5.74, 6) is 0.689. The maximum absolute atomic E-state index is 11.7.